The third kappa shape index (κ3) is 2.23. The molecule has 19 heavy (non-hydrogen) atoms. The van der Waals surface area contributed by atoms with Gasteiger partial charge in [-0.25, -0.2) is 0 Å². The van der Waals surface area contributed by atoms with E-state index in [-0.39, 0.29) is 5.56 Å². The van der Waals surface area contributed by atoms with Gasteiger partial charge in [0.15, 0.2) is 0 Å². The molecule has 2 aromatic rings. The lowest BCUT2D eigenvalue weighted by Crippen LogP contribution is -2.26. The van der Waals surface area contributed by atoms with Crippen molar-refractivity contribution >= 4 is 11.0 Å². The molecule has 0 atom stereocenters. The maximum Gasteiger partial charge on any atom is 0.251 e. The molecule has 100 valence electrons. The van der Waals surface area contributed by atoms with Gasteiger partial charge in [0, 0.05) is 18.2 Å². The highest BCUT2D eigenvalue weighted by Crippen LogP contribution is 2.29. The van der Waals surface area contributed by atoms with Crippen molar-refractivity contribution in [1.82, 2.24) is 9.55 Å². The van der Waals surface area contributed by atoms with Crippen LogP contribution in [0.4, 0.5) is 0 Å². The van der Waals surface area contributed by atoms with Crippen LogP contribution in [0.2, 0.25) is 0 Å². The number of nitrogens with zero attached hydrogens (tertiary/aromatic N) is 2. The first kappa shape index (κ1) is 12.2. The van der Waals surface area contributed by atoms with Crippen molar-refractivity contribution in [3.05, 3.63) is 34.7 Å². The van der Waals surface area contributed by atoms with Crippen LogP contribution >= 0.6 is 0 Å². The standard InChI is InChI=1S/C15H18N2O2/c1-19-12-9-14-13(16-10-12)7-8-15(18)17(14)11-5-3-2-4-6-11/h7-11H,2-6H2,1H3. The highest BCUT2D eigenvalue weighted by molar-refractivity contribution is 5.75. The maximum atomic E-state index is 12.2. The fourth-order valence-electron chi connectivity index (χ4n) is 2.94. The van der Waals surface area contributed by atoms with Crippen LogP contribution in [0.25, 0.3) is 11.0 Å². The lowest BCUT2D eigenvalue weighted by Gasteiger charge is -2.25. The van der Waals surface area contributed by atoms with Crippen molar-refractivity contribution in [2.24, 2.45) is 0 Å². The van der Waals surface area contributed by atoms with Crippen LogP contribution in [0.5, 0.6) is 5.75 Å². The zero-order valence-corrected chi connectivity index (χ0v) is 11.1. The van der Waals surface area contributed by atoms with Gasteiger partial charge in [-0.05, 0) is 18.9 Å². The van der Waals surface area contributed by atoms with Gasteiger partial charge >= 0.3 is 0 Å². The average Bonchev–Trinajstić information content (AvgIpc) is 2.47. The third-order valence-corrected chi connectivity index (χ3v) is 3.93. The molecule has 0 unspecified atom stereocenters. The summed E-state index contributed by atoms with van der Waals surface area (Å²) in [7, 11) is 1.62. The van der Waals surface area contributed by atoms with Crippen molar-refractivity contribution in [3.8, 4) is 5.75 Å². The number of rotatable bonds is 2. The second kappa shape index (κ2) is 5.03. The Morgan fingerprint density at radius 1 is 1.26 bits per heavy atom. The molecule has 0 saturated heterocycles. The molecule has 0 N–H and O–H groups in total. The summed E-state index contributed by atoms with van der Waals surface area (Å²) in [6, 6.07) is 5.63. The van der Waals surface area contributed by atoms with Crippen molar-refractivity contribution in [3.63, 3.8) is 0 Å². The van der Waals surface area contributed by atoms with Gasteiger partial charge < -0.3 is 9.30 Å². The van der Waals surface area contributed by atoms with Crippen LogP contribution in [0.15, 0.2) is 29.2 Å². The molecular weight excluding hydrogens is 240 g/mol. The molecule has 4 nitrogen and oxygen atoms in total. The second-order valence-corrected chi connectivity index (χ2v) is 5.11. The van der Waals surface area contributed by atoms with E-state index in [1.54, 1.807) is 25.4 Å². The van der Waals surface area contributed by atoms with E-state index in [1.165, 1.54) is 19.3 Å². The zero-order valence-electron chi connectivity index (χ0n) is 11.1. The molecule has 3 rings (SSSR count). The number of hydrogen-bond acceptors (Lipinski definition) is 3. The number of methoxy groups -OCH3 is 1. The van der Waals surface area contributed by atoms with E-state index in [1.807, 2.05) is 10.6 Å². The van der Waals surface area contributed by atoms with Gasteiger partial charge in [0.05, 0.1) is 24.3 Å². The zero-order chi connectivity index (χ0) is 13.2. The van der Waals surface area contributed by atoms with E-state index in [2.05, 4.69) is 4.98 Å². The number of ether oxygens (including phenoxy) is 1. The van der Waals surface area contributed by atoms with Crippen LogP contribution in [0.3, 0.4) is 0 Å². The Kier molecular flexibility index (Phi) is 3.23. The fraction of sp³-hybridized carbons (Fsp3) is 0.467. The first-order valence-corrected chi connectivity index (χ1v) is 6.85. The first-order chi connectivity index (χ1) is 9.29. The van der Waals surface area contributed by atoms with E-state index >= 15 is 0 Å². The summed E-state index contributed by atoms with van der Waals surface area (Å²) in [6.45, 7) is 0. The monoisotopic (exact) mass is 258 g/mol. The highest BCUT2D eigenvalue weighted by atomic mass is 16.5. The molecule has 0 amide bonds. The summed E-state index contributed by atoms with van der Waals surface area (Å²) in [6.07, 6.45) is 7.53. The minimum Gasteiger partial charge on any atom is -0.495 e. The first-order valence-electron chi connectivity index (χ1n) is 6.85. The Bertz CT molecular complexity index is 642. The van der Waals surface area contributed by atoms with Crippen LogP contribution in [0.1, 0.15) is 38.1 Å². The maximum absolute atomic E-state index is 12.2. The van der Waals surface area contributed by atoms with E-state index in [0.29, 0.717) is 11.8 Å². The van der Waals surface area contributed by atoms with Crippen molar-refractivity contribution in [1.29, 1.82) is 0 Å². The quantitative estimate of drug-likeness (QED) is 0.832. The van der Waals surface area contributed by atoms with Crippen molar-refractivity contribution in [2.75, 3.05) is 7.11 Å². The molecular formula is C15H18N2O2. The number of pyridine rings is 2. The normalized spacial score (nSPS) is 16.7. The van der Waals surface area contributed by atoms with Gasteiger partial charge in [0.1, 0.15) is 5.75 Å². The molecule has 0 aromatic carbocycles. The van der Waals surface area contributed by atoms with Crippen molar-refractivity contribution in [2.45, 2.75) is 38.1 Å². The van der Waals surface area contributed by atoms with E-state index in [9.17, 15) is 4.79 Å². The van der Waals surface area contributed by atoms with Gasteiger partial charge in [0.2, 0.25) is 0 Å². The van der Waals surface area contributed by atoms with Gasteiger partial charge in [-0.2, -0.15) is 0 Å². The van der Waals surface area contributed by atoms with Gasteiger partial charge in [0.25, 0.3) is 5.56 Å². The SMILES string of the molecule is COc1cnc2ccc(=O)n(C3CCCCC3)c2c1. The molecule has 2 heterocycles. The van der Waals surface area contributed by atoms with Gasteiger partial charge in [-0.3, -0.25) is 9.78 Å². The number of fused-ring (bicyclic) bond motifs is 1. The number of hydrogen-bond donors (Lipinski definition) is 0. The Morgan fingerprint density at radius 2 is 2.05 bits per heavy atom. The average molecular weight is 258 g/mol. The van der Waals surface area contributed by atoms with Crippen LogP contribution < -0.4 is 10.3 Å². The largest absolute Gasteiger partial charge is 0.495 e. The second-order valence-electron chi connectivity index (χ2n) is 5.11. The minimum absolute atomic E-state index is 0.0643. The summed E-state index contributed by atoms with van der Waals surface area (Å²) in [5.74, 6) is 0.697. The molecule has 0 spiro atoms. The molecule has 1 saturated carbocycles. The Labute approximate surface area is 112 Å². The predicted molar refractivity (Wildman–Crippen MR) is 74.7 cm³/mol. The molecule has 2 aromatic heterocycles. The van der Waals surface area contributed by atoms with Crippen LogP contribution in [-0.2, 0) is 0 Å². The van der Waals surface area contributed by atoms with Crippen LogP contribution in [-0.4, -0.2) is 16.7 Å². The lowest BCUT2D eigenvalue weighted by molar-refractivity contribution is 0.353. The summed E-state index contributed by atoms with van der Waals surface area (Å²) >= 11 is 0. The van der Waals surface area contributed by atoms with Crippen molar-refractivity contribution < 1.29 is 4.74 Å². The predicted octanol–water partition coefficient (Wildman–Crippen LogP) is 2.91. The van der Waals surface area contributed by atoms with Gasteiger partial charge in [-0.1, -0.05) is 19.3 Å². The van der Waals surface area contributed by atoms with E-state index < -0.39 is 0 Å². The van der Waals surface area contributed by atoms with E-state index in [4.69, 9.17) is 4.74 Å². The molecule has 0 radical (unpaired) electrons. The Balaban J connectivity index is 2.19. The highest BCUT2D eigenvalue weighted by Gasteiger charge is 2.18. The van der Waals surface area contributed by atoms with Gasteiger partial charge in [-0.15, -0.1) is 0 Å². The summed E-state index contributed by atoms with van der Waals surface area (Å²) < 4.78 is 7.13. The smallest absolute Gasteiger partial charge is 0.251 e. The van der Waals surface area contributed by atoms with Crippen LogP contribution in [0, 0.1) is 0 Å². The Morgan fingerprint density at radius 3 is 2.79 bits per heavy atom. The molecule has 4 heteroatoms. The van der Waals surface area contributed by atoms with E-state index in [0.717, 1.165) is 23.9 Å². The molecule has 1 aliphatic carbocycles. The molecule has 1 fully saturated rings. The minimum atomic E-state index is 0.0643. The fourth-order valence-corrected chi connectivity index (χ4v) is 2.94. The number of aromatic nitrogens is 2. The molecule has 0 bridgehead atoms. The molecule has 1 aliphatic rings. The summed E-state index contributed by atoms with van der Waals surface area (Å²) in [5.41, 5.74) is 1.80. The summed E-state index contributed by atoms with van der Waals surface area (Å²) in [5, 5.41) is 0. The molecule has 0 aliphatic heterocycles. The third-order valence-electron chi connectivity index (χ3n) is 3.93. The Hall–Kier alpha value is -1.84. The summed E-state index contributed by atoms with van der Waals surface area (Å²) in [4.78, 5) is 16.6. The lowest BCUT2D eigenvalue weighted by atomic mass is 9.95. The topological polar surface area (TPSA) is 44.1 Å².